The van der Waals surface area contributed by atoms with Gasteiger partial charge in [-0.1, -0.05) is 22.0 Å². The van der Waals surface area contributed by atoms with E-state index < -0.39 is 9.84 Å². The predicted molar refractivity (Wildman–Crippen MR) is 70.3 cm³/mol. The smallest absolute Gasteiger partial charge is 0.147 e. The highest BCUT2D eigenvalue weighted by Gasteiger charge is 2.08. The predicted octanol–water partition coefficient (Wildman–Crippen LogP) is 2.64. The molecule has 0 atom stereocenters. The molecule has 0 saturated heterocycles. The molecule has 0 aliphatic heterocycles. The molecule has 0 radical (unpaired) electrons. The molecule has 0 heterocycles. The van der Waals surface area contributed by atoms with Crippen molar-refractivity contribution >= 4 is 48.4 Å². The maximum absolute atomic E-state index is 11.0. The van der Waals surface area contributed by atoms with Gasteiger partial charge in [0.25, 0.3) is 0 Å². The van der Waals surface area contributed by atoms with E-state index in [2.05, 4.69) is 38.5 Å². The van der Waals surface area contributed by atoms with Crippen molar-refractivity contribution < 1.29 is 8.42 Å². The van der Waals surface area contributed by atoms with Crippen LogP contribution in [0.5, 0.6) is 0 Å². The number of halogens is 2. The van der Waals surface area contributed by atoms with Gasteiger partial charge in [-0.15, -0.1) is 0 Å². The van der Waals surface area contributed by atoms with Crippen LogP contribution < -0.4 is 0 Å². The van der Waals surface area contributed by atoms with E-state index in [1.807, 2.05) is 18.2 Å². The summed E-state index contributed by atoms with van der Waals surface area (Å²) >= 11 is 5.63. The summed E-state index contributed by atoms with van der Waals surface area (Å²) in [5.74, 6) is 0.200. The van der Waals surface area contributed by atoms with E-state index in [0.29, 0.717) is 6.42 Å². The number of hydrogen-bond acceptors (Lipinski definition) is 2. The maximum Gasteiger partial charge on any atom is 0.147 e. The van der Waals surface area contributed by atoms with Crippen LogP contribution in [0.1, 0.15) is 5.56 Å². The minimum Gasteiger partial charge on any atom is -0.229 e. The fourth-order valence-electron chi connectivity index (χ4n) is 1.06. The second kappa shape index (κ2) is 4.94. The molecule has 0 aromatic heterocycles. The third-order valence-corrected chi connectivity index (χ3v) is 4.48. The van der Waals surface area contributed by atoms with Crippen LogP contribution >= 0.6 is 38.5 Å². The standard InChI is InChI=1S/C9H10BrIO2S/c1-14(12,13)6-5-7-8(10)3-2-4-9(7)11/h2-4H,5-6H2,1H3. The van der Waals surface area contributed by atoms with E-state index in [9.17, 15) is 8.42 Å². The Labute approximate surface area is 106 Å². The third-order valence-electron chi connectivity index (χ3n) is 1.78. The van der Waals surface area contributed by atoms with Crippen molar-refractivity contribution in [2.75, 3.05) is 12.0 Å². The van der Waals surface area contributed by atoms with Crippen molar-refractivity contribution in [1.29, 1.82) is 0 Å². The zero-order chi connectivity index (χ0) is 10.8. The molecular formula is C9H10BrIO2S. The van der Waals surface area contributed by atoms with E-state index in [4.69, 9.17) is 0 Å². The van der Waals surface area contributed by atoms with E-state index in [-0.39, 0.29) is 5.75 Å². The molecule has 0 amide bonds. The molecule has 0 aliphatic carbocycles. The Balaban J connectivity index is 2.87. The summed E-state index contributed by atoms with van der Waals surface area (Å²) in [7, 11) is -2.88. The van der Waals surface area contributed by atoms with Crippen molar-refractivity contribution in [1.82, 2.24) is 0 Å². The fraction of sp³-hybridized carbons (Fsp3) is 0.333. The monoisotopic (exact) mass is 388 g/mol. The molecule has 1 aromatic carbocycles. The van der Waals surface area contributed by atoms with Gasteiger partial charge in [0.2, 0.25) is 0 Å². The van der Waals surface area contributed by atoms with Crippen LogP contribution in [0, 0.1) is 3.57 Å². The Morgan fingerprint density at radius 3 is 2.57 bits per heavy atom. The lowest BCUT2D eigenvalue weighted by Gasteiger charge is -2.05. The Bertz CT molecular complexity index is 408. The number of sulfone groups is 1. The quantitative estimate of drug-likeness (QED) is 0.746. The Morgan fingerprint density at radius 1 is 1.43 bits per heavy atom. The molecule has 78 valence electrons. The van der Waals surface area contributed by atoms with Gasteiger partial charge in [-0.2, -0.15) is 0 Å². The molecule has 0 N–H and O–H groups in total. The fourth-order valence-corrected chi connectivity index (χ4v) is 3.34. The molecule has 0 saturated carbocycles. The van der Waals surface area contributed by atoms with Gasteiger partial charge >= 0.3 is 0 Å². The van der Waals surface area contributed by atoms with Gasteiger partial charge in [0.05, 0.1) is 5.75 Å². The van der Waals surface area contributed by atoms with Gasteiger partial charge in [-0.05, 0) is 46.7 Å². The lowest BCUT2D eigenvalue weighted by atomic mass is 10.2. The van der Waals surface area contributed by atoms with Crippen molar-refractivity contribution in [3.63, 3.8) is 0 Å². The summed E-state index contributed by atoms with van der Waals surface area (Å²) in [6, 6.07) is 5.85. The summed E-state index contributed by atoms with van der Waals surface area (Å²) in [4.78, 5) is 0. The zero-order valence-corrected chi connectivity index (χ0v) is 12.2. The zero-order valence-electron chi connectivity index (χ0n) is 7.63. The van der Waals surface area contributed by atoms with Crippen LogP contribution in [0.15, 0.2) is 22.7 Å². The highest BCUT2D eigenvalue weighted by atomic mass is 127. The van der Waals surface area contributed by atoms with Crippen LogP contribution in [-0.4, -0.2) is 20.4 Å². The molecule has 0 spiro atoms. The van der Waals surface area contributed by atoms with Crippen molar-refractivity contribution in [2.24, 2.45) is 0 Å². The van der Waals surface area contributed by atoms with E-state index in [1.165, 1.54) is 6.26 Å². The molecule has 14 heavy (non-hydrogen) atoms. The van der Waals surface area contributed by atoms with Crippen molar-refractivity contribution in [3.8, 4) is 0 Å². The SMILES string of the molecule is CS(=O)(=O)CCc1c(Br)cccc1I. The average Bonchev–Trinajstić information content (AvgIpc) is 2.01. The van der Waals surface area contributed by atoms with E-state index in [0.717, 1.165) is 13.6 Å². The second-order valence-corrected chi connectivity index (χ2v) is 7.36. The largest absolute Gasteiger partial charge is 0.229 e. The van der Waals surface area contributed by atoms with Crippen LogP contribution in [0.25, 0.3) is 0 Å². The van der Waals surface area contributed by atoms with Crippen LogP contribution in [0.2, 0.25) is 0 Å². The molecular weight excluding hydrogens is 379 g/mol. The van der Waals surface area contributed by atoms with Gasteiger partial charge in [-0.3, -0.25) is 0 Å². The Morgan fingerprint density at radius 2 is 2.07 bits per heavy atom. The van der Waals surface area contributed by atoms with Crippen molar-refractivity contribution in [2.45, 2.75) is 6.42 Å². The topological polar surface area (TPSA) is 34.1 Å². The Hall–Kier alpha value is 0.380. The summed E-state index contributed by atoms with van der Waals surface area (Å²) in [6.45, 7) is 0. The van der Waals surface area contributed by atoms with Crippen LogP contribution in [0.3, 0.4) is 0 Å². The first-order chi connectivity index (χ1) is 6.40. The highest BCUT2D eigenvalue weighted by molar-refractivity contribution is 14.1. The average molecular weight is 389 g/mol. The lowest BCUT2D eigenvalue weighted by molar-refractivity contribution is 0.601. The van der Waals surface area contributed by atoms with E-state index >= 15 is 0 Å². The molecule has 0 aliphatic rings. The molecule has 1 aromatic rings. The van der Waals surface area contributed by atoms with Gasteiger partial charge in [0.15, 0.2) is 0 Å². The summed E-state index contributed by atoms with van der Waals surface area (Å²) in [5.41, 5.74) is 1.07. The summed E-state index contributed by atoms with van der Waals surface area (Å²) in [6.07, 6.45) is 1.83. The maximum atomic E-state index is 11.0. The van der Waals surface area contributed by atoms with Crippen molar-refractivity contribution in [3.05, 3.63) is 31.8 Å². The van der Waals surface area contributed by atoms with Gasteiger partial charge in [0.1, 0.15) is 9.84 Å². The third kappa shape index (κ3) is 3.86. The highest BCUT2D eigenvalue weighted by Crippen LogP contribution is 2.22. The Kier molecular flexibility index (Phi) is 4.39. The number of rotatable bonds is 3. The summed E-state index contributed by atoms with van der Waals surface area (Å²) in [5, 5.41) is 0. The van der Waals surface area contributed by atoms with E-state index in [1.54, 1.807) is 0 Å². The van der Waals surface area contributed by atoms with Gasteiger partial charge < -0.3 is 0 Å². The molecule has 0 fully saturated rings. The van der Waals surface area contributed by atoms with Crippen LogP contribution in [0.4, 0.5) is 0 Å². The number of benzene rings is 1. The molecule has 0 unspecified atom stereocenters. The molecule has 0 bridgehead atoms. The van der Waals surface area contributed by atoms with Gasteiger partial charge in [-0.25, -0.2) is 8.42 Å². The second-order valence-electron chi connectivity index (χ2n) is 3.08. The molecule has 5 heteroatoms. The minimum absolute atomic E-state index is 0.200. The molecule has 1 rings (SSSR count). The van der Waals surface area contributed by atoms with Crippen LogP contribution in [-0.2, 0) is 16.3 Å². The lowest BCUT2D eigenvalue weighted by Crippen LogP contribution is -2.07. The first-order valence-electron chi connectivity index (χ1n) is 4.01. The minimum atomic E-state index is -2.88. The first-order valence-corrected chi connectivity index (χ1v) is 7.94. The normalized spacial score (nSPS) is 11.6. The number of hydrogen-bond donors (Lipinski definition) is 0. The first kappa shape index (κ1) is 12.4. The summed E-state index contributed by atoms with van der Waals surface area (Å²) < 4.78 is 24.1. The molecule has 2 nitrogen and oxygen atoms in total. The van der Waals surface area contributed by atoms with Gasteiger partial charge in [0, 0.05) is 14.3 Å².